The van der Waals surface area contributed by atoms with E-state index >= 15 is 0 Å². The lowest BCUT2D eigenvalue weighted by Gasteiger charge is -2.22. The van der Waals surface area contributed by atoms with Gasteiger partial charge in [0.2, 0.25) is 10.0 Å². The minimum atomic E-state index is -4.26. The number of sulfonamides is 1. The summed E-state index contributed by atoms with van der Waals surface area (Å²) in [5.41, 5.74) is 8.80. The molecule has 0 spiro atoms. The van der Waals surface area contributed by atoms with Crippen LogP contribution in [0.3, 0.4) is 0 Å². The smallest absolute Gasteiger partial charge is 0.263 e. The minimum Gasteiger partial charge on any atom is -0.395 e. The number of benzene rings is 2. The second-order valence-corrected chi connectivity index (χ2v) is 9.66. The zero-order valence-corrected chi connectivity index (χ0v) is 17.4. The first kappa shape index (κ1) is 21.0. The van der Waals surface area contributed by atoms with Crippen molar-refractivity contribution >= 4 is 38.3 Å². The number of alkyl halides is 2. The number of aromatic nitrogens is 2. The predicted molar refractivity (Wildman–Crippen MR) is 110 cm³/mol. The second-order valence-electron chi connectivity index (χ2n) is 7.36. The van der Waals surface area contributed by atoms with E-state index in [0.29, 0.717) is 15.7 Å². The quantitative estimate of drug-likeness (QED) is 0.558. The van der Waals surface area contributed by atoms with E-state index < -0.39 is 41.6 Å². The van der Waals surface area contributed by atoms with Gasteiger partial charge >= 0.3 is 0 Å². The fourth-order valence-corrected chi connectivity index (χ4v) is 5.94. The van der Waals surface area contributed by atoms with Gasteiger partial charge in [-0.3, -0.25) is 5.10 Å². The molecule has 0 amide bonds. The van der Waals surface area contributed by atoms with Crippen molar-refractivity contribution < 1.29 is 22.3 Å². The zero-order chi connectivity index (χ0) is 21.8. The second kappa shape index (κ2) is 7.16. The van der Waals surface area contributed by atoms with Crippen LogP contribution in [0.15, 0.2) is 35.2 Å². The Morgan fingerprint density at radius 2 is 2.03 bits per heavy atom. The fourth-order valence-electron chi connectivity index (χ4n) is 3.92. The number of hydrogen-bond acceptors (Lipinski definition) is 5. The van der Waals surface area contributed by atoms with E-state index in [-0.39, 0.29) is 9.92 Å². The normalized spacial score (nSPS) is 19.6. The largest absolute Gasteiger partial charge is 0.395 e. The maximum atomic E-state index is 13.8. The summed E-state index contributed by atoms with van der Waals surface area (Å²) in [5.74, 6) is -2.86. The molecule has 0 aliphatic carbocycles. The van der Waals surface area contributed by atoms with Crippen LogP contribution < -0.4 is 5.73 Å². The lowest BCUT2D eigenvalue weighted by atomic mass is 9.97. The maximum absolute atomic E-state index is 13.8. The Bertz CT molecular complexity index is 1250. The number of nitrogens with one attached hydrogen (secondary N) is 1. The predicted octanol–water partition coefficient (Wildman–Crippen LogP) is 3.16. The molecule has 2 heterocycles. The fraction of sp³-hybridized carbons (Fsp3) is 0.316. The van der Waals surface area contributed by atoms with Gasteiger partial charge in [-0.05, 0) is 36.2 Å². The summed E-state index contributed by atoms with van der Waals surface area (Å²) in [6, 6.07) is 6.51. The molecule has 160 valence electrons. The average molecular weight is 457 g/mol. The van der Waals surface area contributed by atoms with Gasteiger partial charge in [0.25, 0.3) is 5.92 Å². The van der Waals surface area contributed by atoms with Crippen molar-refractivity contribution in [2.24, 2.45) is 0 Å². The number of rotatable bonds is 4. The van der Waals surface area contributed by atoms with Gasteiger partial charge in [0.15, 0.2) is 5.82 Å². The van der Waals surface area contributed by atoms with Crippen LogP contribution >= 0.6 is 11.6 Å². The van der Waals surface area contributed by atoms with E-state index in [4.69, 9.17) is 17.3 Å². The Labute approximate surface area is 176 Å². The van der Waals surface area contributed by atoms with Gasteiger partial charge < -0.3 is 10.8 Å². The van der Waals surface area contributed by atoms with E-state index in [2.05, 4.69) is 10.2 Å². The first-order chi connectivity index (χ1) is 14.0. The summed E-state index contributed by atoms with van der Waals surface area (Å²) >= 11 is 6.40. The summed E-state index contributed by atoms with van der Waals surface area (Å²) in [6.07, 6.45) is -0.722. The van der Waals surface area contributed by atoms with Crippen LogP contribution in [-0.4, -0.2) is 53.1 Å². The molecule has 11 heteroatoms. The summed E-state index contributed by atoms with van der Waals surface area (Å²) in [5, 5.41) is 17.1. The van der Waals surface area contributed by atoms with Crippen molar-refractivity contribution in [3.8, 4) is 11.1 Å². The third-order valence-corrected chi connectivity index (χ3v) is 7.60. The molecule has 1 saturated heterocycles. The Morgan fingerprint density at radius 1 is 1.33 bits per heavy atom. The number of H-pyrrole nitrogens is 1. The SMILES string of the molecule is Cc1c(-c2ccc(S(=O)(=O)N3CC(F)(F)C[C@H]3CO)cc2Cl)ccc2[nH]nc(N)c12. The maximum Gasteiger partial charge on any atom is 0.263 e. The molecule has 0 unspecified atom stereocenters. The number of nitrogens with two attached hydrogens (primary N) is 1. The van der Waals surface area contributed by atoms with E-state index in [1.54, 1.807) is 6.07 Å². The van der Waals surface area contributed by atoms with E-state index in [1.807, 2.05) is 13.0 Å². The molecule has 0 radical (unpaired) electrons. The Morgan fingerprint density at radius 3 is 2.70 bits per heavy atom. The number of aliphatic hydroxyl groups excluding tert-OH is 1. The lowest BCUT2D eigenvalue weighted by Crippen LogP contribution is -2.38. The number of fused-ring (bicyclic) bond motifs is 1. The molecular formula is C19H19ClF2N4O3S. The van der Waals surface area contributed by atoms with Crippen LogP contribution in [0.5, 0.6) is 0 Å². The van der Waals surface area contributed by atoms with Gasteiger partial charge in [-0.15, -0.1) is 0 Å². The number of aliphatic hydroxyl groups is 1. The van der Waals surface area contributed by atoms with Crippen molar-refractivity contribution in [2.45, 2.75) is 30.2 Å². The summed E-state index contributed by atoms with van der Waals surface area (Å²) in [7, 11) is -4.26. The highest BCUT2D eigenvalue weighted by Crippen LogP contribution is 2.39. The zero-order valence-electron chi connectivity index (χ0n) is 15.9. The van der Waals surface area contributed by atoms with Crippen molar-refractivity contribution in [3.63, 3.8) is 0 Å². The molecule has 4 rings (SSSR count). The average Bonchev–Trinajstić information content (AvgIpc) is 3.22. The van der Waals surface area contributed by atoms with Crippen molar-refractivity contribution in [1.82, 2.24) is 14.5 Å². The topological polar surface area (TPSA) is 112 Å². The minimum absolute atomic E-state index is 0.145. The van der Waals surface area contributed by atoms with E-state index in [1.165, 1.54) is 18.2 Å². The Balaban J connectivity index is 1.76. The molecule has 1 aliphatic heterocycles. The molecule has 1 atom stereocenters. The number of aromatic amines is 1. The van der Waals surface area contributed by atoms with Crippen LogP contribution in [0.25, 0.3) is 22.0 Å². The van der Waals surface area contributed by atoms with Crippen LogP contribution in [0.2, 0.25) is 5.02 Å². The first-order valence-corrected chi connectivity index (χ1v) is 10.9. The van der Waals surface area contributed by atoms with Crippen LogP contribution in [-0.2, 0) is 10.0 Å². The summed E-state index contributed by atoms with van der Waals surface area (Å²) in [6.45, 7) is 0.185. The molecule has 7 nitrogen and oxygen atoms in total. The van der Waals surface area contributed by atoms with E-state index in [0.717, 1.165) is 22.0 Å². The van der Waals surface area contributed by atoms with Crippen LogP contribution in [0.1, 0.15) is 12.0 Å². The van der Waals surface area contributed by atoms with Gasteiger partial charge in [-0.25, -0.2) is 17.2 Å². The van der Waals surface area contributed by atoms with Crippen LogP contribution in [0, 0.1) is 6.92 Å². The van der Waals surface area contributed by atoms with Crippen molar-refractivity contribution in [3.05, 3.63) is 40.9 Å². The van der Waals surface area contributed by atoms with Crippen molar-refractivity contribution in [1.29, 1.82) is 0 Å². The van der Waals surface area contributed by atoms with Gasteiger partial charge in [0.1, 0.15) is 0 Å². The number of aryl methyl sites for hydroxylation is 1. The monoisotopic (exact) mass is 456 g/mol. The molecule has 0 bridgehead atoms. The van der Waals surface area contributed by atoms with Gasteiger partial charge in [0.05, 0.1) is 29.6 Å². The highest BCUT2D eigenvalue weighted by molar-refractivity contribution is 7.89. The molecular weight excluding hydrogens is 438 g/mol. The molecule has 1 fully saturated rings. The molecule has 1 aliphatic rings. The lowest BCUT2D eigenvalue weighted by molar-refractivity contribution is 0.0161. The van der Waals surface area contributed by atoms with E-state index in [9.17, 15) is 22.3 Å². The Kier molecular flexibility index (Phi) is 5.00. The first-order valence-electron chi connectivity index (χ1n) is 9.09. The molecule has 3 aromatic rings. The number of nitrogen functional groups attached to an aromatic ring is 1. The highest BCUT2D eigenvalue weighted by atomic mass is 35.5. The molecule has 1 aromatic heterocycles. The standard InChI is InChI=1S/C19H19ClF2N4O3S/c1-10-13(4-5-16-17(10)18(23)25-24-16)14-3-2-12(6-15(14)20)30(28,29)26-9-19(21,22)7-11(26)8-27/h2-6,11,27H,7-9H2,1H3,(H3,23,24,25)/t11-/m0/s1. The molecule has 4 N–H and O–H groups in total. The van der Waals surface area contributed by atoms with Crippen molar-refractivity contribution in [2.75, 3.05) is 18.9 Å². The highest BCUT2D eigenvalue weighted by Gasteiger charge is 2.49. The third-order valence-electron chi connectivity index (χ3n) is 5.39. The van der Waals surface area contributed by atoms with Gasteiger partial charge in [0, 0.05) is 22.4 Å². The number of anilines is 1. The molecule has 0 saturated carbocycles. The number of hydrogen-bond donors (Lipinski definition) is 3. The Hall–Kier alpha value is -2.27. The van der Waals surface area contributed by atoms with Crippen LogP contribution in [0.4, 0.5) is 14.6 Å². The number of nitrogens with zero attached hydrogens (tertiary/aromatic N) is 2. The summed E-state index contributed by atoms with van der Waals surface area (Å²) < 4.78 is 54.0. The molecule has 30 heavy (non-hydrogen) atoms. The third kappa shape index (κ3) is 3.33. The van der Waals surface area contributed by atoms with Gasteiger partial charge in [-0.1, -0.05) is 23.7 Å². The summed E-state index contributed by atoms with van der Waals surface area (Å²) in [4.78, 5) is -0.214. The van der Waals surface area contributed by atoms with Gasteiger partial charge in [-0.2, -0.15) is 9.40 Å². The molecule has 2 aromatic carbocycles. The number of halogens is 3.